The summed E-state index contributed by atoms with van der Waals surface area (Å²) in [6.07, 6.45) is 2.77. The van der Waals surface area contributed by atoms with E-state index in [0.29, 0.717) is 45.8 Å². The third kappa shape index (κ3) is 25.5. The van der Waals surface area contributed by atoms with Crippen LogP contribution in [0.2, 0.25) is 0 Å². The number of aliphatic hydroxyl groups excluding tert-OH is 1. The minimum Gasteiger partial charge on any atom is -0.458 e. The lowest BCUT2D eigenvalue weighted by molar-refractivity contribution is -0.157. The predicted molar refractivity (Wildman–Crippen MR) is 374 cm³/mol. The molecule has 0 saturated carbocycles. The van der Waals surface area contributed by atoms with Crippen LogP contribution in [-0.2, 0) is 84.7 Å². The monoisotopic (exact) mass is 1430 g/mol. The van der Waals surface area contributed by atoms with Gasteiger partial charge in [-0.15, -0.1) is 0 Å². The molecule has 2 aromatic heterocycles. The number of nitrogens with one attached hydrogen (secondary N) is 14. The number of fused-ring (bicyclic) bond motifs is 2. The summed E-state index contributed by atoms with van der Waals surface area (Å²) in [5, 5.41) is 42.0. The molecule has 3 heterocycles. The van der Waals surface area contributed by atoms with Gasteiger partial charge in [-0.25, -0.2) is 4.79 Å². The maximum Gasteiger partial charge on any atom is 0.331 e. The fraction of sp³-hybridized carbons (Fsp3) is 0.559. The van der Waals surface area contributed by atoms with Gasteiger partial charge in [0.1, 0.15) is 60.5 Å². The molecule has 560 valence electrons. The number of para-hydroxylation sites is 2. The highest BCUT2D eigenvalue weighted by Crippen LogP contribution is 2.22. The van der Waals surface area contributed by atoms with E-state index in [2.05, 4.69) is 73.8 Å². The summed E-state index contributed by atoms with van der Waals surface area (Å²) >= 11 is 0. The number of ether oxygens (including phenoxy) is 1. The van der Waals surface area contributed by atoms with Gasteiger partial charge in [-0.1, -0.05) is 76.9 Å². The Morgan fingerprint density at radius 3 is 1.60 bits per heavy atom. The summed E-state index contributed by atoms with van der Waals surface area (Å²) in [5.74, 6) is -12.7. The summed E-state index contributed by atoms with van der Waals surface area (Å²) in [4.78, 5) is 199. The van der Waals surface area contributed by atoms with Crippen LogP contribution in [0.25, 0.3) is 21.8 Å². The molecule has 34 heteroatoms. The van der Waals surface area contributed by atoms with E-state index >= 15 is 0 Å². The summed E-state index contributed by atoms with van der Waals surface area (Å²) in [7, 11) is 0. The Balaban J connectivity index is 1.35. The molecule has 13 atom stereocenters. The van der Waals surface area contributed by atoms with E-state index in [0.717, 1.165) is 6.42 Å². The van der Waals surface area contributed by atoms with Gasteiger partial charge >= 0.3 is 5.97 Å². The van der Waals surface area contributed by atoms with Gasteiger partial charge in [0, 0.05) is 53.5 Å². The number of hydrogen-bond acceptors (Lipinski definition) is 19. The zero-order valence-electron chi connectivity index (χ0n) is 58.6. The number of amides is 13. The average Bonchev–Trinajstić information content (AvgIpc) is 1.60. The molecule has 0 bridgehead atoms. The highest BCUT2D eigenvalue weighted by molar-refractivity contribution is 6.00. The number of hydrogen-bond donors (Lipinski definition) is 19. The quantitative estimate of drug-likeness (QED) is 0.0192. The molecular weight excluding hydrogens is 1320 g/mol. The zero-order chi connectivity index (χ0) is 75.2. The summed E-state index contributed by atoms with van der Waals surface area (Å²) in [6, 6.07) is -0.451. The number of benzene rings is 2. The van der Waals surface area contributed by atoms with Gasteiger partial charge in [0.2, 0.25) is 76.8 Å². The Bertz CT molecular complexity index is 3560. The number of aromatic nitrogens is 2. The number of nitrogens with two attached hydrogens (primary N) is 4. The standard InChI is InChI=1S/C68H102N18O16/c1-7-36(3)23-24-54(89)79-51(30-53(72)88)63(96)77-38(5)59(92)83-49(28-40-31-73-44-18-11-9-16-42(40)44)64(97)82-48(22-15-27-71)62(95)81-46(20-13-25-69)60(93)75-33-55(90)78-47(21-14-26-70)61(94)84-50(29-41-32-74-45-19-12-10-17-43(41)45)65(98)86-58-39(6)102-68(101)52(35-87)80-56(91)34-76-66(99)57(37(4)8-2)85-67(58)100/h9-12,16-19,31-32,36-39,46-52,57-58,73-74,87H,7-8,13-15,20-30,33-35,69-71H2,1-6H3,(H2,72,88)(H,75,93)(H,76,99)(H,77,96)(H,78,90)(H,79,89)(H,80,91)(H,81,95)(H,82,97)(H,83,92)(H,84,94)(H,85,100)(H,86,98)/t36?,37-,38+,39+,46-,47+,48+,49+,50-,51+,52-,57-,58-/m0/s1. The van der Waals surface area contributed by atoms with E-state index in [1.807, 2.05) is 13.8 Å². The third-order valence-corrected chi connectivity index (χ3v) is 17.6. The number of rotatable bonds is 39. The van der Waals surface area contributed by atoms with Crippen molar-refractivity contribution in [1.29, 1.82) is 0 Å². The van der Waals surface area contributed by atoms with Crippen LogP contribution < -0.4 is 86.7 Å². The van der Waals surface area contributed by atoms with Crippen LogP contribution in [0.3, 0.4) is 0 Å². The number of esters is 1. The first-order chi connectivity index (χ1) is 48.6. The van der Waals surface area contributed by atoms with Gasteiger partial charge in [-0.2, -0.15) is 0 Å². The summed E-state index contributed by atoms with van der Waals surface area (Å²) in [5.41, 5.74) is 25.6. The van der Waals surface area contributed by atoms with E-state index in [9.17, 15) is 72.2 Å². The highest BCUT2D eigenvalue weighted by atomic mass is 16.5. The molecule has 0 aliphatic carbocycles. The molecule has 1 saturated heterocycles. The Morgan fingerprint density at radius 2 is 1.07 bits per heavy atom. The smallest absolute Gasteiger partial charge is 0.331 e. The first-order valence-corrected chi connectivity index (χ1v) is 34.5. The highest BCUT2D eigenvalue weighted by Gasteiger charge is 2.40. The van der Waals surface area contributed by atoms with E-state index in [1.165, 1.54) is 13.8 Å². The molecule has 1 aliphatic rings. The number of aromatic amines is 2. The lowest BCUT2D eigenvalue weighted by Gasteiger charge is -2.30. The molecule has 1 unspecified atom stereocenters. The van der Waals surface area contributed by atoms with Gasteiger partial charge in [-0.05, 0) is 114 Å². The first kappa shape index (κ1) is 82.6. The van der Waals surface area contributed by atoms with E-state index in [1.54, 1.807) is 74.8 Å². The van der Waals surface area contributed by atoms with Crippen LogP contribution in [0.4, 0.5) is 0 Å². The Hall–Kier alpha value is -10.1. The molecular formula is C68H102N18O16. The van der Waals surface area contributed by atoms with Crippen molar-refractivity contribution in [2.75, 3.05) is 39.3 Å². The largest absolute Gasteiger partial charge is 0.458 e. The molecule has 1 aliphatic heterocycles. The van der Waals surface area contributed by atoms with Crippen LogP contribution >= 0.6 is 0 Å². The second-order valence-electron chi connectivity index (χ2n) is 25.6. The number of cyclic esters (lactones) is 1. The van der Waals surface area contributed by atoms with Crippen molar-refractivity contribution in [1.82, 2.24) is 73.8 Å². The molecule has 23 N–H and O–H groups in total. The van der Waals surface area contributed by atoms with Gasteiger partial charge in [0.05, 0.1) is 26.1 Å². The van der Waals surface area contributed by atoms with Crippen LogP contribution in [0.15, 0.2) is 60.9 Å². The van der Waals surface area contributed by atoms with E-state index < -0.39 is 181 Å². The predicted octanol–water partition coefficient (Wildman–Crippen LogP) is -3.56. The fourth-order valence-corrected chi connectivity index (χ4v) is 11.1. The number of primary amides is 1. The van der Waals surface area contributed by atoms with Crippen molar-refractivity contribution in [2.24, 2.45) is 34.8 Å². The second-order valence-corrected chi connectivity index (χ2v) is 25.6. The molecule has 2 aromatic carbocycles. The van der Waals surface area contributed by atoms with Gasteiger partial charge < -0.3 is 107 Å². The van der Waals surface area contributed by atoms with Gasteiger partial charge in [-0.3, -0.25) is 62.3 Å². The van der Waals surface area contributed by atoms with Crippen molar-refractivity contribution < 1.29 is 77.0 Å². The van der Waals surface area contributed by atoms with E-state index in [-0.39, 0.29) is 83.3 Å². The Morgan fingerprint density at radius 1 is 0.578 bits per heavy atom. The van der Waals surface area contributed by atoms with Crippen LogP contribution in [0, 0.1) is 11.8 Å². The number of carbonyl (C=O) groups is 14. The normalized spacial score (nSPS) is 18.5. The SMILES string of the molecule is CCC(C)CCC(=O)N[C@H](CC(N)=O)C(=O)N[C@H](C)C(=O)N[C@H](Cc1c[nH]c2ccccc12)C(=O)N[C@H](CCCN)C(=O)N[C@@H](CCCN)C(=O)NCC(=O)N[C@H](CCCN)C(=O)N[C@@H](Cc1c[nH]c2ccccc12)C(=O)N[C@@H]1C(=O)N[C@@H]([C@@H](C)CC)C(=O)NCC(=O)N[C@@H](CO)C(=O)O[C@@H]1C. The van der Waals surface area contributed by atoms with Crippen LogP contribution in [-0.4, -0.2) is 204 Å². The van der Waals surface area contributed by atoms with Crippen molar-refractivity contribution >= 4 is 105 Å². The number of carbonyl (C=O) groups excluding carboxylic acids is 14. The maximum absolute atomic E-state index is 14.8. The molecule has 0 spiro atoms. The number of H-pyrrole nitrogens is 2. The lowest BCUT2D eigenvalue weighted by atomic mass is 9.97. The number of aliphatic hydroxyl groups is 1. The molecule has 1 fully saturated rings. The van der Waals surface area contributed by atoms with Crippen molar-refractivity contribution in [3.8, 4) is 0 Å². The minimum absolute atomic E-state index is 0.0378. The molecule has 5 rings (SSSR count). The summed E-state index contributed by atoms with van der Waals surface area (Å²) in [6.45, 7) is 7.75. The minimum atomic E-state index is -1.78. The van der Waals surface area contributed by atoms with Crippen molar-refractivity contribution in [3.05, 3.63) is 72.1 Å². The van der Waals surface area contributed by atoms with Crippen molar-refractivity contribution in [2.45, 2.75) is 192 Å². The Kier molecular flexibility index (Phi) is 33.7. The maximum atomic E-state index is 14.8. The first-order valence-electron chi connectivity index (χ1n) is 34.5. The molecule has 34 nitrogen and oxygen atoms in total. The Labute approximate surface area is 590 Å². The average molecular weight is 1430 g/mol. The molecule has 102 heavy (non-hydrogen) atoms. The van der Waals surface area contributed by atoms with Crippen molar-refractivity contribution in [3.63, 3.8) is 0 Å². The zero-order valence-corrected chi connectivity index (χ0v) is 58.6. The molecule has 13 amide bonds. The summed E-state index contributed by atoms with van der Waals surface area (Å²) < 4.78 is 5.56. The van der Waals surface area contributed by atoms with Crippen LogP contribution in [0.5, 0.6) is 0 Å². The molecule has 4 aromatic rings. The van der Waals surface area contributed by atoms with Gasteiger partial charge in [0.25, 0.3) is 0 Å². The topological polar surface area (TPSA) is 548 Å². The third-order valence-electron chi connectivity index (χ3n) is 17.6. The second kappa shape index (κ2) is 41.6. The molecule has 0 radical (unpaired) electrons. The van der Waals surface area contributed by atoms with E-state index in [4.69, 9.17) is 27.7 Å². The van der Waals surface area contributed by atoms with Gasteiger partial charge in [0.15, 0.2) is 6.04 Å². The fourth-order valence-electron chi connectivity index (χ4n) is 11.1. The van der Waals surface area contributed by atoms with Crippen LogP contribution in [0.1, 0.15) is 123 Å². The lowest BCUT2D eigenvalue weighted by Crippen LogP contribution is -2.62.